The SMILES string of the molecule is Cc1ccc(C2(N3CCOCC3)C=C(C(N)=O)C=CN2)cc1NC(=O)c1cccc(OCCC2CCCN2C)c1. The van der Waals surface area contributed by atoms with Crippen LogP contribution in [0.5, 0.6) is 5.75 Å². The van der Waals surface area contributed by atoms with E-state index in [9.17, 15) is 9.59 Å². The molecule has 2 unspecified atom stereocenters. The fraction of sp³-hybridized carbons (Fsp3) is 0.419. The Labute approximate surface area is 236 Å². The van der Waals surface area contributed by atoms with E-state index in [0.717, 1.165) is 24.1 Å². The van der Waals surface area contributed by atoms with Crippen LogP contribution in [0, 0.1) is 6.92 Å². The highest BCUT2D eigenvalue weighted by atomic mass is 16.5. The Bertz CT molecular complexity index is 1300. The van der Waals surface area contributed by atoms with Gasteiger partial charge >= 0.3 is 0 Å². The number of nitrogens with one attached hydrogen (secondary N) is 2. The van der Waals surface area contributed by atoms with Gasteiger partial charge in [0.15, 0.2) is 0 Å². The molecule has 0 saturated carbocycles. The summed E-state index contributed by atoms with van der Waals surface area (Å²) in [6, 6.07) is 13.8. The zero-order valence-corrected chi connectivity index (χ0v) is 23.3. The molecule has 212 valence electrons. The third kappa shape index (κ3) is 6.06. The summed E-state index contributed by atoms with van der Waals surface area (Å²) in [4.78, 5) is 30.1. The van der Waals surface area contributed by atoms with Crippen LogP contribution in [-0.4, -0.2) is 74.2 Å². The number of dihydropyridines is 1. The number of nitrogens with zero attached hydrogens (tertiary/aromatic N) is 2. The summed E-state index contributed by atoms with van der Waals surface area (Å²) in [5.41, 5.74) is 8.30. The fourth-order valence-corrected chi connectivity index (χ4v) is 5.75. The number of likely N-dealkylation sites (tertiary alicyclic amines) is 1. The summed E-state index contributed by atoms with van der Waals surface area (Å²) in [6.45, 7) is 6.22. The van der Waals surface area contributed by atoms with Crippen molar-refractivity contribution in [2.24, 2.45) is 5.73 Å². The third-order valence-corrected chi connectivity index (χ3v) is 8.14. The van der Waals surface area contributed by atoms with Gasteiger partial charge in [-0.3, -0.25) is 14.5 Å². The van der Waals surface area contributed by atoms with Gasteiger partial charge in [-0.15, -0.1) is 0 Å². The number of rotatable bonds is 9. The van der Waals surface area contributed by atoms with Gasteiger partial charge in [-0.1, -0.05) is 18.2 Å². The van der Waals surface area contributed by atoms with E-state index >= 15 is 0 Å². The topological polar surface area (TPSA) is 109 Å². The number of carbonyl (C=O) groups excluding carboxylic acids is 2. The molecule has 0 aromatic heterocycles. The predicted molar refractivity (Wildman–Crippen MR) is 155 cm³/mol. The Balaban J connectivity index is 1.34. The van der Waals surface area contributed by atoms with Crippen molar-refractivity contribution in [3.63, 3.8) is 0 Å². The Morgan fingerprint density at radius 1 is 1.18 bits per heavy atom. The molecule has 0 spiro atoms. The lowest BCUT2D eigenvalue weighted by molar-refractivity contribution is -0.114. The number of hydrogen-bond donors (Lipinski definition) is 3. The van der Waals surface area contributed by atoms with Crippen molar-refractivity contribution in [2.75, 3.05) is 51.8 Å². The molecule has 0 aliphatic carbocycles. The van der Waals surface area contributed by atoms with Crippen molar-refractivity contribution in [3.05, 3.63) is 83.1 Å². The van der Waals surface area contributed by atoms with Crippen LogP contribution in [0.2, 0.25) is 0 Å². The van der Waals surface area contributed by atoms with Crippen molar-refractivity contribution in [1.82, 2.24) is 15.1 Å². The lowest BCUT2D eigenvalue weighted by Crippen LogP contribution is -2.58. The van der Waals surface area contributed by atoms with Gasteiger partial charge in [0, 0.05) is 36.0 Å². The van der Waals surface area contributed by atoms with Crippen LogP contribution >= 0.6 is 0 Å². The summed E-state index contributed by atoms with van der Waals surface area (Å²) in [5, 5.41) is 6.55. The van der Waals surface area contributed by atoms with Gasteiger partial charge in [0.25, 0.3) is 5.91 Å². The second-order valence-corrected chi connectivity index (χ2v) is 10.7. The van der Waals surface area contributed by atoms with Gasteiger partial charge in [0.2, 0.25) is 5.91 Å². The van der Waals surface area contributed by atoms with Crippen LogP contribution in [0.15, 0.2) is 66.4 Å². The van der Waals surface area contributed by atoms with Gasteiger partial charge < -0.3 is 30.7 Å². The average Bonchev–Trinajstić information content (AvgIpc) is 3.39. The number of ether oxygens (including phenoxy) is 2. The minimum atomic E-state index is -0.808. The maximum absolute atomic E-state index is 13.4. The number of amides is 2. The van der Waals surface area contributed by atoms with E-state index in [1.54, 1.807) is 24.4 Å². The first-order valence-corrected chi connectivity index (χ1v) is 14.0. The van der Waals surface area contributed by atoms with Crippen molar-refractivity contribution in [2.45, 2.75) is 37.9 Å². The standard InChI is InChI=1S/C31H39N5O4/c1-22-8-9-25(31(36-14-17-39-18-15-36)21-24(29(32)37)10-12-33-31)20-28(22)34-30(38)23-5-3-7-27(19-23)40-16-11-26-6-4-13-35(26)2/h3,5,7-10,12,19-21,26,33H,4,6,11,13-18H2,1-2H3,(H2,32,37)(H,34,38). The summed E-state index contributed by atoms with van der Waals surface area (Å²) in [5.74, 6) is -0.0211. The van der Waals surface area contributed by atoms with Crippen molar-refractivity contribution < 1.29 is 19.1 Å². The zero-order chi connectivity index (χ0) is 28.1. The normalized spacial score (nSPS) is 23.4. The van der Waals surface area contributed by atoms with Gasteiger partial charge in [0.1, 0.15) is 11.4 Å². The number of hydrogen-bond acceptors (Lipinski definition) is 7. The first-order chi connectivity index (χ1) is 19.4. The Kier molecular flexibility index (Phi) is 8.54. The van der Waals surface area contributed by atoms with E-state index < -0.39 is 11.6 Å². The average molecular weight is 546 g/mol. The van der Waals surface area contributed by atoms with Crippen molar-refractivity contribution >= 4 is 17.5 Å². The number of carbonyl (C=O) groups is 2. The quantitative estimate of drug-likeness (QED) is 0.444. The van der Waals surface area contributed by atoms with E-state index in [4.69, 9.17) is 15.2 Å². The van der Waals surface area contributed by atoms with E-state index in [1.807, 2.05) is 43.3 Å². The lowest BCUT2D eigenvalue weighted by Gasteiger charge is -2.46. The van der Waals surface area contributed by atoms with Gasteiger partial charge in [-0.25, -0.2) is 0 Å². The highest BCUT2D eigenvalue weighted by Gasteiger charge is 2.39. The van der Waals surface area contributed by atoms with E-state index in [2.05, 4.69) is 27.5 Å². The molecule has 2 amide bonds. The van der Waals surface area contributed by atoms with Gasteiger partial charge in [0.05, 0.1) is 19.8 Å². The van der Waals surface area contributed by atoms with Crippen LogP contribution in [0.3, 0.4) is 0 Å². The fourth-order valence-electron chi connectivity index (χ4n) is 5.75. The molecule has 2 fully saturated rings. The maximum atomic E-state index is 13.4. The van der Waals surface area contributed by atoms with E-state index in [0.29, 0.717) is 61.5 Å². The minimum absolute atomic E-state index is 0.216. The predicted octanol–water partition coefficient (Wildman–Crippen LogP) is 3.12. The van der Waals surface area contributed by atoms with Crippen LogP contribution < -0.4 is 21.1 Å². The lowest BCUT2D eigenvalue weighted by atomic mass is 9.90. The number of aryl methyl sites for hydroxylation is 1. The molecule has 3 heterocycles. The number of morpholine rings is 1. The van der Waals surface area contributed by atoms with Crippen molar-refractivity contribution in [1.29, 1.82) is 0 Å². The smallest absolute Gasteiger partial charge is 0.255 e. The molecule has 40 heavy (non-hydrogen) atoms. The molecule has 0 bridgehead atoms. The number of anilines is 1. The second kappa shape index (κ2) is 12.2. The van der Waals surface area contributed by atoms with Crippen LogP contribution in [0.25, 0.3) is 0 Å². The summed E-state index contributed by atoms with van der Waals surface area (Å²) >= 11 is 0. The highest BCUT2D eigenvalue weighted by molar-refractivity contribution is 6.05. The first-order valence-electron chi connectivity index (χ1n) is 14.0. The van der Waals surface area contributed by atoms with Crippen LogP contribution in [0.4, 0.5) is 5.69 Å². The molecule has 2 aromatic carbocycles. The van der Waals surface area contributed by atoms with Crippen LogP contribution in [-0.2, 0) is 15.2 Å². The molecule has 0 radical (unpaired) electrons. The monoisotopic (exact) mass is 545 g/mol. The summed E-state index contributed by atoms with van der Waals surface area (Å²) < 4.78 is 11.6. The summed E-state index contributed by atoms with van der Waals surface area (Å²) in [6.07, 6.45) is 8.71. The molecule has 5 rings (SSSR count). The first kappa shape index (κ1) is 27.9. The third-order valence-electron chi connectivity index (χ3n) is 8.14. The van der Waals surface area contributed by atoms with Gasteiger partial charge in [-0.2, -0.15) is 0 Å². The number of primary amides is 1. The number of nitrogens with two attached hydrogens (primary N) is 1. The molecular formula is C31H39N5O4. The molecular weight excluding hydrogens is 506 g/mol. The molecule has 3 aliphatic rings. The van der Waals surface area contributed by atoms with Crippen molar-refractivity contribution in [3.8, 4) is 5.75 Å². The Morgan fingerprint density at radius 2 is 2.00 bits per heavy atom. The molecule has 9 heteroatoms. The van der Waals surface area contributed by atoms with E-state index in [1.165, 1.54) is 12.8 Å². The Hall–Kier alpha value is -3.66. The molecule has 3 aliphatic heterocycles. The maximum Gasteiger partial charge on any atom is 0.255 e. The largest absolute Gasteiger partial charge is 0.494 e. The molecule has 9 nitrogen and oxygen atoms in total. The summed E-state index contributed by atoms with van der Waals surface area (Å²) in [7, 11) is 2.16. The zero-order valence-electron chi connectivity index (χ0n) is 23.3. The van der Waals surface area contributed by atoms with Gasteiger partial charge in [-0.05, 0) is 93.5 Å². The molecule has 2 aromatic rings. The second-order valence-electron chi connectivity index (χ2n) is 10.7. The molecule has 2 atom stereocenters. The Morgan fingerprint density at radius 3 is 2.75 bits per heavy atom. The minimum Gasteiger partial charge on any atom is -0.494 e. The highest BCUT2D eigenvalue weighted by Crippen LogP contribution is 2.34. The van der Waals surface area contributed by atoms with Crippen LogP contribution in [0.1, 0.15) is 40.7 Å². The number of benzene rings is 2. The molecule has 2 saturated heterocycles. The van der Waals surface area contributed by atoms with E-state index in [-0.39, 0.29) is 5.91 Å². The molecule has 4 N–H and O–H groups in total.